The van der Waals surface area contributed by atoms with Crippen LogP contribution in [0.1, 0.15) is 24.8 Å². The molecule has 0 atom stereocenters. The first-order valence-corrected chi connectivity index (χ1v) is 8.91. The minimum absolute atomic E-state index is 0. The second-order valence-electron chi connectivity index (χ2n) is 6.68. The van der Waals surface area contributed by atoms with Gasteiger partial charge in [0.25, 0.3) is 0 Å². The molecule has 0 bridgehead atoms. The normalized spacial score (nSPS) is 18.4. The van der Waals surface area contributed by atoms with Gasteiger partial charge in [-0.2, -0.15) is 13.2 Å². The zero-order valence-electron chi connectivity index (χ0n) is 15.6. The highest BCUT2D eigenvalue weighted by Gasteiger charge is 2.36. The van der Waals surface area contributed by atoms with Gasteiger partial charge in [-0.25, -0.2) is 0 Å². The summed E-state index contributed by atoms with van der Waals surface area (Å²) >= 11 is 0. The van der Waals surface area contributed by atoms with Crippen LogP contribution in [0, 0.1) is 0 Å². The van der Waals surface area contributed by atoms with Gasteiger partial charge in [-0.3, -0.25) is 4.99 Å². The predicted octanol–water partition coefficient (Wildman–Crippen LogP) is 3.20. The van der Waals surface area contributed by atoms with Crippen LogP contribution in [0.15, 0.2) is 23.2 Å². The molecule has 0 saturated carbocycles. The van der Waals surface area contributed by atoms with Gasteiger partial charge in [-0.1, -0.05) is 6.07 Å². The summed E-state index contributed by atoms with van der Waals surface area (Å²) in [7, 11) is 1.54. The molecule has 28 heavy (non-hydrogen) atoms. The summed E-state index contributed by atoms with van der Waals surface area (Å²) in [5.74, 6) is 1.79. The van der Waals surface area contributed by atoms with Gasteiger partial charge >= 0.3 is 6.18 Å². The van der Waals surface area contributed by atoms with Crippen molar-refractivity contribution in [2.45, 2.75) is 30.9 Å². The molecule has 0 spiro atoms. The molecule has 0 aromatic heterocycles. The predicted molar refractivity (Wildman–Crippen MR) is 110 cm³/mol. The van der Waals surface area contributed by atoms with Crippen molar-refractivity contribution in [1.82, 2.24) is 10.6 Å². The second-order valence-corrected chi connectivity index (χ2v) is 6.68. The minimum atomic E-state index is -4.19. The minimum Gasteiger partial charge on any atom is -0.454 e. The van der Waals surface area contributed by atoms with Crippen molar-refractivity contribution in [3.63, 3.8) is 0 Å². The standard InChI is InChI=1S/C18H24F3N3O3.HI/c1-22-16(23-7-4-18(19,20)21)24-11-17(5-8-25-9-6-17)13-2-3-14-15(10-13)27-12-26-14;/h2-3,10H,4-9,11-12H2,1H3,(H2,22,23,24);1H. The third-order valence-corrected chi connectivity index (χ3v) is 4.95. The van der Waals surface area contributed by atoms with E-state index < -0.39 is 12.6 Å². The maximum Gasteiger partial charge on any atom is 0.390 e. The number of alkyl halides is 3. The van der Waals surface area contributed by atoms with Crippen LogP contribution in [0.25, 0.3) is 0 Å². The Morgan fingerprint density at radius 1 is 1.14 bits per heavy atom. The van der Waals surface area contributed by atoms with E-state index in [2.05, 4.69) is 15.6 Å². The van der Waals surface area contributed by atoms with E-state index in [1.165, 1.54) is 0 Å². The number of rotatable bonds is 5. The van der Waals surface area contributed by atoms with Crippen molar-refractivity contribution in [3.8, 4) is 11.5 Å². The van der Waals surface area contributed by atoms with E-state index in [-0.39, 0.29) is 42.7 Å². The molecule has 3 rings (SSSR count). The Morgan fingerprint density at radius 3 is 2.54 bits per heavy atom. The molecule has 158 valence electrons. The Balaban J connectivity index is 0.00000280. The van der Waals surface area contributed by atoms with E-state index in [9.17, 15) is 13.2 Å². The van der Waals surface area contributed by atoms with Gasteiger partial charge in [-0.15, -0.1) is 24.0 Å². The maximum atomic E-state index is 12.3. The van der Waals surface area contributed by atoms with E-state index in [0.29, 0.717) is 31.5 Å². The van der Waals surface area contributed by atoms with Crippen LogP contribution in [0.4, 0.5) is 13.2 Å². The average molecular weight is 515 g/mol. The van der Waals surface area contributed by atoms with Gasteiger partial charge in [0.05, 0.1) is 6.42 Å². The molecule has 2 heterocycles. The van der Waals surface area contributed by atoms with Crippen molar-refractivity contribution in [2.24, 2.45) is 4.99 Å². The van der Waals surface area contributed by atoms with Crippen LogP contribution in [0.3, 0.4) is 0 Å². The highest BCUT2D eigenvalue weighted by atomic mass is 127. The Kier molecular flexibility index (Phi) is 8.05. The number of aliphatic imine (C=N–C) groups is 1. The number of benzene rings is 1. The summed E-state index contributed by atoms with van der Waals surface area (Å²) < 4.78 is 53.4. The maximum absolute atomic E-state index is 12.3. The Morgan fingerprint density at radius 2 is 1.86 bits per heavy atom. The first-order chi connectivity index (χ1) is 12.9. The molecule has 1 fully saturated rings. The summed E-state index contributed by atoms with van der Waals surface area (Å²) in [5.41, 5.74) is 0.870. The van der Waals surface area contributed by atoms with E-state index >= 15 is 0 Å². The topological polar surface area (TPSA) is 64.1 Å². The molecule has 1 saturated heterocycles. The van der Waals surface area contributed by atoms with Crippen LogP contribution >= 0.6 is 24.0 Å². The molecular formula is C18H25F3IN3O3. The lowest BCUT2D eigenvalue weighted by Crippen LogP contribution is -2.48. The van der Waals surface area contributed by atoms with Crippen LogP contribution in [-0.4, -0.2) is 52.3 Å². The molecule has 0 radical (unpaired) electrons. The first-order valence-electron chi connectivity index (χ1n) is 8.91. The summed E-state index contributed by atoms with van der Waals surface area (Å²) in [6.45, 7) is 1.76. The lowest BCUT2D eigenvalue weighted by atomic mass is 9.74. The van der Waals surface area contributed by atoms with Crippen molar-refractivity contribution in [1.29, 1.82) is 0 Å². The third kappa shape index (κ3) is 5.79. The van der Waals surface area contributed by atoms with E-state index in [1.807, 2.05) is 18.2 Å². The summed E-state index contributed by atoms with van der Waals surface area (Å²) in [6, 6.07) is 5.89. The number of guanidine groups is 1. The zero-order valence-corrected chi connectivity index (χ0v) is 17.9. The van der Waals surface area contributed by atoms with Crippen molar-refractivity contribution < 1.29 is 27.4 Å². The van der Waals surface area contributed by atoms with Gasteiger partial charge in [0, 0.05) is 38.8 Å². The number of halogens is 4. The van der Waals surface area contributed by atoms with Crippen molar-refractivity contribution >= 4 is 29.9 Å². The van der Waals surface area contributed by atoms with Crippen molar-refractivity contribution in [3.05, 3.63) is 23.8 Å². The number of nitrogens with zero attached hydrogens (tertiary/aromatic N) is 1. The summed E-state index contributed by atoms with van der Waals surface area (Å²) in [5, 5.41) is 5.90. The van der Waals surface area contributed by atoms with E-state index in [4.69, 9.17) is 14.2 Å². The number of hydrogen-bond acceptors (Lipinski definition) is 4. The molecule has 6 nitrogen and oxygen atoms in total. The van der Waals surface area contributed by atoms with E-state index in [0.717, 1.165) is 24.2 Å². The second kappa shape index (κ2) is 9.86. The SMILES string of the molecule is CN=C(NCCC(F)(F)F)NCC1(c2ccc3c(c2)OCO3)CCOCC1.I. The van der Waals surface area contributed by atoms with Gasteiger partial charge in [0.15, 0.2) is 17.5 Å². The Hall–Kier alpha value is -1.43. The fourth-order valence-electron chi connectivity index (χ4n) is 3.35. The molecule has 0 unspecified atom stereocenters. The van der Waals surface area contributed by atoms with E-state index in [1.54, 1.807) is 7.05 Å². The van der Waals surface area contributed by atoms with Crippen LogP contribution in [0.2, 0.25) is 0 Å². The smallest absolute Gasteiger partial charge is 0.390 e. The highest BCUT2D eigenvalue weighted by molar-refractivity contribution is 14.0. The molecule has 10 heteroatoms. The fraction of sp³-hybridized carbons (Fsp3) is 0.611. The Labute approximate surface area is 179 Å². The molecular weight excluding hydrogens is 490 g/mol. The molecule has 0 aliphatic carbocycles. The van der Waals surface area contributed by atoms with Crippen molar-refractivity contribution in [2.75, 3.05) is 40.1 Å². The van der Waals surface area contributed by atoms with Gasteiger partial charge in [-0.05, 0) is 30.5 Å². The lowest BCUT2D eigenvalue weighted by Gasteiger charge is -2.38. The Bertz CT molecular complexity index is 680. The van der Waals surface area contributed by atoms with Crippen LogP contribution in [-0.2, 0) is 10.2 Å². The van der Waals surface area contributed by atoms with Crippen LogP contribution < -0.4 is 20.1 Å². The molecule has 2 aliphatic rings. The molecule has 1 aromatic rings. The fourth-order valence-corrected chi connectivity index (χ4v) is 3.35. The largest absolute Gasteiger partial charge is 0.454 e. The first kappa shape index (κ1) is 22.9. The third-order valence-electron chi connectivity index (χ3n) is 4.95. The van der Waals surface area contributed by atoms with Gasteiger partial charge in [0.2, 0.25) is 6.79 Å². The molecule has 0 amide bonds. The summed E-state index contributed by atoms with van der Waals surface area (Å²) in [6.07, 6.45) is -3.52. The van der Waals surface area contributed by atoms with Gasteiger partial charge < -0.3 is 24.8 Å². The summed E-state index contributed by atoms with van der Waals surface area (Å²) in [4.78, 5) is 4.03. The number of fused-ring (bicyclic) bond motifs is 1. The lowest BCUT2D eigenvalue weighted by molar-refractivity contribution is -0.132. The quantitative estimate of drug-likeness (QED) is 0.359. The monoisotopic (exact) mass is 515 g/mol. The number of hydrogen-bond donors (Lipinski definition) is 2. The molecule has 2 aliphatic heterocycles. The number of nitrogens with one attached hydrogen (secondary N) is 2. The van der Waals surface area contributed by atoms with Gasteiger partial charge in [0.1, 0.15) is 0 Å². The van der Waals surface area contributed by atoms with Crippen LogP contribution in [0.5, 0.6) is 11.5 Å². The molecule has 1 aromatic carbocycles. The zero-order chi connectivity index (χ0) is 19.3. The number of ether oxygens (including phenoxy) is 3. The molecule has 2 N–H and O–H groups in total. The highest BCUT2D eigenvalue weighted by Crippen LogP contribution is 2.40. The average Bonchev–Trinajstić information content (AvgIpc) is 3.12.